The van der Waals surface area contributed by atoms with Gasteiger partial charge in [0.25, 0.3) is 0 Å². The van der Waals surface area contributed by atoms with Gasteiger partial charge in [0.05, 0.1) is 18.7 Å². The van der Waals surface area contributed by atoms with Crippen LogP contribution in [0.2, 0.25) is 0 Å². The van der Waals surface area contributed by atoms with E-state index in [1.54, 1.807) is 14.0 Å². The van der Waals surface area contributed by atoms with E-state index in [0.717, 1.165) is 5.56 Å². The number of rotatable bonds is 5. The lowest BCUT2D eigenvalue weighted by atomic mass is 10.1. The Morgan fingerprint density at radius 2 is 2.00 bits per heavy atom. The third-order valence-electron chi connectivity index (χ3n) is 3.76. The molecule has 0 aliphatic carbocycles. The van der Waals surface area contributed by atoms with Gasteiger partial charge in [-0.05, 0) is 5.56 Å². The molecule has 0 N–H and O–H groups in total. The highest BCUT2D eigenvalue weighted by molar-refractivity contribution is 5.87. The predicted octanol–water partition coefficient (Wildman–Crippen LogP) is 2.39. The molecule has 1 saturated heterocycles. The molecule has 1 amide bonds. The van der Waals surface area contributed by atoms with Gasteiger partial charge in [0.1, 0.15) is 6.61 Å². The minimum atomic E-state index is -0.454. The normalized spacial score (nSPS) is 21.3. The van der Waals surface area contributed by atoms with Crippen molar-refractivity contribution in [2.45, 2.75) is 38.5 Å². The lowest BCUT2D eigenvalue weighted by Crippen LogP contribution is -2.40. The van der Waals surface area contributed by atoms with Crippen molar-refractivity contribution >= 4 is 11.9 Å². The highest BCUT2D eigenvalue weighted by Gasteiger charge is 2.39. The van der Waals surface area contributed by atoms with Crippen LogP contribution in [-0.4, -0.2) is 42.6 Å². The van der Waals surface area contributed by atoms with Crippen LogP contribution in [0.25, 0.3) is 0 Å². The first-order valence-corrected chi connectivity index (χ1v) is 7.18. The molecule has 1 fully saturated rings. The average Bonchev–Trinajstić information content (AvgIpc) is 2.97. The van der Waals surface area contributed by atoms with E-state index in [2.05, 4.69) is 0 Å². The maximum atomic E-state index is 12.2. The second kappa shape index (κ2) is 7.22. The van der Waals surface area contributed by atoms with Crippen molar-refractivity contribution in [3.8, 4) is 0 Å². The van der Waals surface area contributed by atoms with Crippen LogP contribution < -0.4 is 0 Å². The fourth-order valence-electron chi connectivity index (χ4n) is 2.51. The largest absolute Gasteiger partial charge is 0.445 e. The topological polar surface area (TPSA) is 55.8 Å². The van der Waals surface area contributed by atoms with Gasteiger partial charge < -0.3 is 9.47 Å². The van der Waals surface area contributed by atoms with Gasteiger partial charge in [0, 0.05) is 20.0 Å². The van der Waals surface area contributed by atoms with E-state index in [1.165, 1.54) is 4.90 Å². The molecule has 0 unspecified atom stereocenters. The monoisotopic (exact) mass is 291 g/mol. The Bertz CT molecular complexity index is 488. The molecule has 0 aromatic heterocycles. The summed E-state index contributed by atoms with van der Waals surface area (Å²) in [6.45, 7) is 2.41. The minimum absolute atomic E-state index is 0.0474. The van der Waals surface area contributed by atoms with Gasteiger partial charge in [-0.1, -0.05) is 37.3 Å². The number of carbonyl (C=O) groups is 2. The number of nitrogens with zero attached hydrogens (tertiary/aromatic N) is 1. The third kappa shape index (κ3) is 3.82. The zero-order valence-corrected chi connectivity index (χ0v) is 12.5. The van der Waals surface area contributed by atoms with Crippen LogP contribution in [-0.2, 0) is 20.9 Å². The van der Waals surface area contributed by atoms with Crippen LogP contribution in [0.15, 0.2) is 30.3 Å². The molecule has 1 heterocycles. The number of hydrogen-bond donors (Lipinski definition) is 0. The van der Waals surface area contributed by atoms with Gasteiger partial charge in [-0.2, -0.15) is 0 Å². The number of amides is 1. The molecule has 2 rings (SSSR count). The first kappa shape index (κ1) is 15.5. The van der Waals surface area contributed by atoms with Crippen molar-refractivity contribution in [2.75, 3.05) is 13.7 Å². The lowest BCUT2D eigenvalue weighted by molar-refractivity contribution is -0.122. The van der Waals surface area contributed by atoms with E-state index >= 15 is 0 Å². The van der Waals surface area contributed by atoms with E-state index in [0.29, 0.717) is 19.4 Å². The van der Waals surface area contributed by atoms with E-state index in [1.807, 2.05) is 30.3 Å². The Labute approximate surface area is 124 Å². The van der Waals surface area contributed by atoms with Gasteiger partial charge in [-0.15, -0.1) is 0 Å². The Morgan fingerprint density at radius 3 is 2.62 bits per heavy atom. The number of hydrogen-bond acceptors (Lipinski definition) is 4. The minimum Gasteiger partial charge on any atom is -0.445 e. The number of benzene rings is 1. The first-order valence-electron chi connectivity index (χ1n) is 7.18. The average molecular weight is 291 g/mol. The van der Waals surface area contributed by atoms with Crippen LogP contribution >= 0.6 is 0 Å². The third-order valence-corrected chi connectivity index (χ3v) is 3.76. The standard InChI is InChI=1S/C16H21NO4/c1-3-15(18)14-9-13(20-2)10-17(14)16(19)21-11-12-7-5-4-6-8-12/h4-8,13-14H,3,9-11H2,1-2H3/t13-,14+/m1/s1. The van der Waals surface area contributed by atoms with E-state index in [9.17, 15) is 9.59 Å². The molecule has 5 heteroatoms. The molecule has 0 saturated carbocycles. The number of likely N-dealkylation sites (tertiary alicyclic amines) is 1. The molecule has 114 valence electrons. The summed E-state index contributed by atoms with van der Waals surface area (Å²) in [6.07, 6.45) is 0.396. The number of ether oxygens (including phenoxy) is 2. The summed E-state index contributed by atoms with van der Waals surface area (Å²) in [5.41, 5.74) is 0.923. The Hall–Kier alpha value is -1.88. The van der Waals surface area contributed by atoms with Crippen molar-refractivity contribution in [3.05, 3.63) is 35.9 Å². The molecular formula is C16H21NO4. The Kier molecular flexibility index (Phi) is 5.33. The summed E-state index contributed by atoms with van der Waals surface area (Å²) < 4.78 is 10.6. The van der Waals surface area contributed by atoms with Gasteiger partial charge in [0.15, 0.2) is 5.78 Å². The second-order valence-corrected chi connectivity index (χ2v) is 5.12. The summed E-state index contributed by atoms with van der Waals surface area (Å²) in [6, 6.07) is 9.05. The zero-order valence-electron chi connectivity index (χ0n) is 12.5. The summed E-state index contributed by atoms with van der Waals surface area (Å²) in [5, 5.41) is 0. The summed E-state index contributed by atoms with van der Waals surface area (Å²) in [7, 11) is 1.59. The highest BCUT2D eigenvalue weighted by atomic mass is 16.6. The van der Waals surface area contributed by atoms with Crippen LogP contribution in [0.1, 0.15) is 25.3 Å². The van der Waals surface area contributed by atoms with Crippen LogP contribution in [0.4, 0.5) is 4.79 Å². The summed E-state index contributed by atoms with van der Waals surface area (Å²) >= 11 is 0. The molecule has 0 radical (unpaired) electrons. The molecule has 1 aliphatic heterocycles. The van der Waals surface area contributed by atoms with Gasteiger partial charge >= 0.3 is 6.09 Å². The van der Waals surface area contributed by atoms with Gasteiger partial charge in [0.2, 0.25) is 0 Å². The number of carbonyl (C=O) groups excluding carboxylic acids is 2. The fraction of sp³-hybridized carbons (Fsp3) is 0.500. The van der Waals surface area contributed by atoms with Gasteiger partial charge in [-0.25, -0.2) is 4.79 Å². The lowest BCUT2D eigenvalue weighted by Gasteiger charge is -2.22. The maximum Gasteiger partial charge on any atom is 0.410 e. The summed E-state index contributed by atoms with van der Waals surface area (Å²) in [4.78, 5) is 25.7. The Balaban J connectivity index is 1.97. The molecule has 1 aliphatic rings. The van der Waals surface area contributed by atoms with Crippen LogP contribution in [0.5, 0.6) is 0 Å². The van der Waals surface area contributed by atoms with E-state index in [4.69, 9.17) is 9.47 Å². The maximum absolute atomic E-state index is 12.2. The van der Waals surface area contributed by atoms with Crippen molar-refractivity contribution in [2.24, 2.45) is 0 Å². The highest BCUT2D eigenvalue weighted by Crippen LogP contribution is 2.23. The van der Waals surface area contributed by atoms with E-state index < -0.39 is 12.1 Å². The number of Topliss-reactive ketones (excluding diaryl/α,β-unsaturated/α-hetero) is 1. The van der Waals surface area contributed by atoms with Crippen molar-refractivity contribution < 1.29 is 19.1 Å². The number of methoxy groups -OCH3 is 1. The zero-order chi connectivity index (χ0) is 15.2. The smallest absolute Gasteiger partial charge is 0.410 e. The predicted molar refractivity (Wildman–Crippen MR) is 77.8 cm³/mol. The van der Waals surface area contributed by atoms with Crippen LogP contribution in [0.3, 0.4) is 0 Å². The molecule has 5 nitrogen and oxygen atoms in total. The summed E-state index contributed by atoms with van der Waals surface area (Å²) in [5.74, 6) is 0.0474. The Morgan fingerprint density at radius 1 is 1.29 bits per heavy atom. The molecule has 0 bridgehead atoms. The second-order valence-electron chi connectivity index (χ2n) is 5.12. The van der Waals surface area contributed by atoms with Crippen molar-refractivity contribution in [3.63, 3.8) is 0 Å². The fourth-order valence-corrected chi connectivity index (χ4v) is 2.51. The molecule has 2 atom stereocenters. The SMILES string of the molecule is CCC(=O)[C@@H]1C[C@@H](OC)CN1C(=O)OCc1ccccc1. The molecule has 21 heavy (non-hydrogen) atoms. The van der Waals surface area contributed by atoms with Crippen LogP contribution in [0, 0.1) is 0 Å². The van der Waals surface area contributed by atoms with Gasteiger partial charge in [-0.3, -0.25) is 9.69 Å². The van der Waals surface area contributed by atoms with E-state index in [-0.39, 0.29) is 18.5 Å². The van der Waals surface area contributed by atoms with Crippen molar-refractivity contribution in [1.29, 1.82) is 0 Å². The first-order chi connectivity index (χ1) is 10.2. The molecule has 1 aromatic carbocycles. The number of ketones is 1. The molecular weight excluding hydrogens is 270 g/mol. The molecule has 0 spiro atoms. The molecule has 1 aromatic rings. The van der Waals surface area contributed by atoms with Crippen molar-refractivity contribution in [1.82, 2.24) is 4.90 Å². The quantitative estimate of drug-likeness (QED) is 0.836.